The van der Waals surface area contributed by atoms with Crippen LogP contribution < -0.4 is 5.73 Å². The van der Waals surface area contributed by atoms with Gasteiger partial charge >= 0.3 is 0 Å². The molecule has 0 bridgehead atoms. The van der Waals surface area contributed by atoms with E-state index in [9.17, 15) is 4.79 Å². The molecule has 1 fully saturated rings. The standard InChI is InChI=1S/C10H14ClN3OS/c11-10-13-5-7(16-10)6-14-4-2-1-3-8(14)9(12)15/h5,8H,1-4,6H2,(H2,12,15). The summed E-state index contributed by atoms with van der Waals surface area (Å²) in [5.74, 6) is -0.227. The van der Waals surface area contributed by atoms with E-state index in [2.05, 4.69) is 9.88 Å². The summed E-state index contributed by atoms with van der Waals surface area (Å²) in [5, 5.41) is 0. The Balaban J connectivity index is 2.03. The van der Waals surface area contributed by atoms with Crippen molar-refractivity contribution < 1.29 is 4.79 Å². The van der Waals surface area contributed by atoms with E-state index >= 15 is 0 Å². The van der Waals surface area contributed by atoms with Gasteiger partial charge in [0.25, 0.3) is 0 Å². The van der Waals surface area contributed by atoms with Crippen LogP contribution in [0.2, 0.25) is 4.47 Å². The number of primary amides is 1. The Morgan fingerprint density at radius 3 is 3.12 bits per heavy atom. The number of thiazole rings is 1. The van der Waals surface area contributed by atoms with Gasteiger partial charge in [0.1, 0.15) is 0 Å². The molecule has 0 aliphatic carbocycles. The highest BCUT2D eigenvalue weighted by molar-refractivity contribution is 7.15. The summed E-state index contributed by atoms with van der Waals surface area (Å²) in [6, 6.07) is -0.130. The van der Waals surface area contributed by atoms with E-state index in [0.717, 1.165) is 37.2 Å². The monoisotopic (exact) mass is 259 g/mol. The first-order valence-corrected chi connectivity index (χ1v) is 6.50. The third kappa shape index (κ3) is 2.72. The average Bonchev–Trinajstić information content (AvgIpc) is 2.64. The van der Waals surface area contributed by atoms with E-state index < -0.39 is 0 Å². The number of nitrogens with zero attached hydrogens (tertiary/aromatic N) is 2. The van der Waals surface area contributed by atoms with Gasteiger partial charge in [-0.15, -0.1) is 11.3 Å². The molecule has 2 rings (SSSR count). The van der Waals surface area contributed by atoms with Crippen LogP contribution in [0.15, 0.2) is 6.20 Å². The maximum atomic E-state index is 11.3. The van der Waals surface area contributed by atoms with Crippen LogP contribution in [0.4, 0.5) is 0 Å². The summed E-state index contributed by atoms with van der Waals surface area (Å²) in [7, 11) is 0. The van der Waals surface area contributed by atoms with Crippen molar-refractivity contribution in [1.82, 2.24) is 9.88 Å². The predicted octanol–water partition coefficient (Wildman–Crippen LogP) is 1.64. The fourth-order valence-corrected chi connectivity index (χ4v) is 3.06. The number of carbonyl (C=O) groups is 1. The van der Waals surface area contributed by atoms with Crippen LogP contribution in [0.1, 0.15) is 24.1 Å². The molecule has 2 heterocycles. The lowest BCUT2D eigenvalue weighted by atomic mass is 10.0. The third-order valence-electron chi connectivity index (χ3n) is 2.83. The van der Waals surface area contributed by atoms with E-state index in [1.165, 1.54) is 11.3 Å². The second-order valence-electron chi connectivity index (χ2n) is 3.96. The smallest absolute Gasteiger partial charge is 0.234 e. The highest BCUT2D eigenvalue weighted by atomic mass is 35.5. The van der Waals surface area contributed by atoms with Crippen molar-refractivity contribution in [1.29, 1.82) is 0 Å². The number of aromatic nitrogens is 1. The molecule has 16 heavy (non-hydrogen) atoms. The maximum absolute atomic E-state index is 11.3. The second-order valence-corrected chi connectivity index (χ2v) is 5.66. The lowest BCUT2D eigenvalue weighted by Gasteiger charge is -2.32. The lowest BCUT2D eigenvalue weighted by Crippen LogP contribution is -2.46. The molecule has 1 aromatic heterocycles. The number of nitrogens with two attached hydrogens (primary N) is 1. The summed E-state index contributed by atoms with van der Waals surface area (Å²) >= 11 is 7.23. The Labute approximate surface area is 103 Å². The minimum atomic E-state index is -0.227. The molecule has 1 aromatic rings. The van der Waals surface area contributed by atoms with Crippen molar-refractivity contribution in [2.75, 3.05) is 6.54 Å². The number of amides is 1. The highest BCUT2D eigenvalue weighted by Gasteiger charge is 2.27. The second kappa shape index (κ2) is 5.12. The van der Waals surface area contributed by atoms with Gasteiger partial charge in [-0.1, -0.05) is 18.0 Å². The normalized spacial score (nSPS) is 22.2. The van der Waals surface area contributed by atoms with Gasteiger partial charge in [-0.3, -0.25) is 9.69 Å². The fraction of sp³-hybridized carbons (Fsp3) is 0.600. The molecule has 6 heteroatoms. The molecular formula is C10H14ClN3OS. The van der Waals surface area contributed by atoms with Crippen LogP contribution in [0.25, 0.3) is 0 Å². The van der Waals surface area contributed by atoms with Crippen molar-refractivity contribution in [3.05, 3.63) is 15.5 Å². The van der Waals surface area contributed by atoms with E-state index in [0.29, 0.717) is 4.47 Å². The zero-order valence-electron chi connectivity index (χ0n) is 8.86. The first kappa shape index (κ1) is 11.8. The molecular weight excluding hydrogens is 246 g/mol. The SMILES string of the molecule is NC(=O)C1CCCCN1Cc1cnc(Cl)s1. The zero-order chi connectivity index (χ0) is 11.5. The van der Waals surface area contributed by atoms with E-state index in [1.54, 1.807) is 6.20 Å². The van der Waals surface area contributed by atoms with Gasteiger partial charge < -0.3 is 5.73 Å². The topological polar surface area (TPSA) is 59.2 Å². The highest BCUT2D eigenvalue weighted by Crippen LogP contribution is 2.23. The molecule has 1 aliphatic rings. The molecule has 1 aliphatic heterocycles. The first-order chi connectivity index (χ1) is 7.66. The van der Waals surface area contributed by atoms with Gasteiger partial charge in [0.2, 0.25) is 5.91 Å². The van der Waals surface area contributed by atoms with Gasteiger partial charge in [0.05, 0.1) is 6.04 Å². The van der Waals surface area contributed by atoms with Crippen LogP contribution in [0.3, 0.4) is 0 Å². The van der Waals surface area contributed by atoms with E-state index in [4.69, 9.17) is 17.3 Å². The Morgan fingerprint density at radius 2 is 2.50 bits per heavy atom. The van der Waals surface area contributed by atoms with E-state index in [-0.39, 0.29) is 11.9 Å². The third-order valence-corrected chi connectivity index (χ3v) is 3.93. The molecule has 4 nitrogen and oxygen atoms in total. The minimum absolute atomic E-state index is 0.130. The van der Waals surface area contributed by atoms with E-state index in [1.807, 2.05) is 0 Å². The largest absolute Gasteiger partial charge is 0.368 e. The number of hydrogen-bond acceptors (Lipinski definition) is 4. The Bertz CT molecular complexity index is 382. The summed E-state index contributed by atoms with van der Waals surface area (Å²) in [6.45, 7) is 1.64. The summed E-state index contributed by atoms with van der Waals surface area (Å²) in [4.78, 5) is 18.5. The molecule has 1 amide bonds. The number of hydrogen-bond donors (Lipinski definition) is 1. The van der Waals surface area contributed by atoms with Gasteiger partial charge in [-0.2, -0.15) is 0 Å². The van der Waals surface area contributed by atoms with Crippen molar-refractivity contribution in [3.8, 4) is 0 Å². The number of carbonyl (C=O) groups excluding carboxylic acids is 1. The van der Waals surface area contributed by atoms with Crippen molar-refractivity contribution in [2.24, 2.45) is 5.73 Å². The summed E-state index contributed by atoms with van der Waals surface area (Å²) in [6.07, 6.45) is 4.82. The molecule has 0 aromatic carbocycles. The minimum Gasteiger partial charge on any atom is -0.368 e. The van der Waals surface area contributed by atoms with Crippen molar-refractivity contribution in [2.45, 2.75) is 31.8 Å². The predicted molar refractivity (Wildman–Crippen MR) is 64.4 cm³/mol. The molecule has 88 valence electrons. The van der Waals surface area contributed by atoms with Crippen LogP contribution >= 0.6 is 22.9 Å². The summed E-state index contributed by atoms with van der Waals surface area (Å²) < 4.78 is 0.544. The first-order valence-electron chi connectivity index (χ1n) is 5.30. The van der Waals surface area contributed by atoms with Crippen LogP contribution in [-0.4, -0.2) is 28.4 Å². The molecule has 1 atom stereocenters. The van der Waals surface area contributed by atoms with Crippen LogP contribution in [-0.2, 0) is 11.3 Å². The van der Waals surface area contributed by atoms with Gasteiger partial charge in [0.15, 0.2) is 4.47 Å². The molecule has 0 saturated carbocycles. The lowest BCUT2D eigenvalue weighted by molar-refractivity contribution is -0.124. The summed E-state index contributed by atoms with van der Waals surface area (Å²) in [5.41, 5.74) is 5.40. The average molecular weight is 260 g/mol. The quantitative estimate of drug-likeness (QED) is 0.898. The van der Waals surface area contributed by atoms with Crippen LogP contribution in [0.5, 0.6) is 0 Å². The molecule has 0 radical (unpaired) electrons. The Kier molecular flexibility index (Phi) is 3.78. The molecule has 1 unspecified atom stereocenters. The van der Waals surface area contributed by atoms with Crippen LogP contribution in [0, 0.1) is 0 Å². The van der Waals surface area contributed by atoms with Gasteiger partial charge in [-0.25, -0.2) is 4.98 Å². The van der Waals surface area contributed by atoms with Gasteiger partial charge in [0, 0.05) is 17.6 Å². The zero-order valence-corrected chi connectivity index (χ0v) is 10.4. The molecule has 2 N–H and O–H groups in total. The Morgan fingerprint density at radius 1 is 1.69 bits per heavy atom. The number of piperidine rings is 1. The maximum Gasteiger partial charge on any atom is 0.234 e. The number of likely N-dealkylation sites (tertiary alicyclic amines) is 1. The number of rotatable bonds is 3. The number of halogens is 1. The van der Waals surface area contributed by atoms with Gasteiger partial charge in [-0.05, 0) is 19.4 Å². The Hall–Kier alpha value is -0.650. The molecule has 0 spiro atoms. The van der Waals surface area contributed by atoms with Crippen molar-refractivity contribution >= 4 is 28.8 Å². The molecule has 1 saturated heterocycles. The fourth-order valence-electron chi connectivity index (χ4n) is 2.06. The van der Waals surface area contributed by atoms with Crippen molar-refractivity contribution in [3.63, 3.8) is 0 Å².